The molecule has 12 heavy (non-hydrogen) atoms. The van der Waals surface area contributed by atoms with Gasteiger partial charge in [-0.3, -0.25) is 4.99 Å². The number of thiol groups is 1. The molecule has 0 aromatic heterocycles. The Morgan fingerprint density at radius 2 is 2.17 bits per heavy atom. The molecule has 1 aromatic carbocycles. The van der Waals surface area contributed by atoms with Crippen molar-refractivity contribution in [2.24, 2.45) is 4.99 Å². The molecule has 0 saturated heterocycles. The van der Waals surface area contributed by atoms with Gasteiger partial charge in [0.15, 0.2) is 0 Å². The molecule has 1 aromatic rings. The zero-order chi connectivity index (χ0) is 9.14. The van der Waals surface area contributed by atoms with Gasteiger partial charge >= 0.3 is 0 Å². The van der Waals surface area contributed by atoms with E-state index in [1.165, 1.54) is 0 Å². The first-order valence-corrected chi connectivity index (χ1v) is 4.07. The normalized spacial score (nSPS) is 9.50. The van der Waals surface area contributed by atoms with Crippen LogP contribution in [0.15, 0.2) is 28.6 Å². The average molecular weight is 177 g/mol. The summed E-state index contributed by atoms with van der Waals surface area (Å²) >= 11 is 4.27. The highest BCUT2D eigenvalue weighted by Crippen LogP contribution is 2.30. The summed E-state index contributed by atoms with van der Waals surface area (Å²) in [5.74, 6) is 0. The van der Waals surface area contributed by atoms with Gasteiger partial charge in [-0.1, -0.05) is 18.7 Å². The van der Waals surface area contributed by atoms with E-state index in [1.807, 2.05) is 19.1 Å². The Morgan fingerprint density at radius 1 is 1.50 bits per heavy atom. The van der Waals surface area contributed by atoms with Gasteiger partial charge < -0.3 is 0 Å². The summed E-state index contributed by atoms with van der Waals surface area (Å²) < 4.78 is 0. The van der Waals surface area contributed by atoms with Crippen molar-refractivity contribution in [2.45, 2.75) is 11.8 Å². The van der Waals surface area contributed by atoms with Crippen LogP contribution in [0, 0.1) is 6.92 Å². The maximum absolute atomic E-state index is 4.27. The summed E-state index contributed by atoms with van der Waals surface area (Å²) in [6, 6.07) is 3.91. The predicted octanol–water partition coefficient (Wildman–Crippen LogP) is 3.26. The molecule has 1 nitrogen and oxygen atoms in total. The van der Waals surface area contributed by atoms with E-state index in [1.54, 1.807) is 6.08 Å². The Labute approximate surface area is 78.3 Å². The van der Waals surface area contributed by atoms with Gasteiger partial charge in [0.05, 0.1) is 5.69 Å². The average Bonchev–Trinajstić information content (AvgIpc) is 2.08. The summed E-state index contributed by atoms with van der Waals surface area (Å²) in [5.41, 5.74) is 2.97. The number of aliphatic imine (C=N–C) groups is 1. The second-order valence-electron chi connectivity index (χ2n) is 2.53. The topological polar surface area (TPSA) is 12.4 Å². The highest BCUT2D eigenvalue weighted by molar-refractivity contribution is 7.80. The van der Waals surface area contributed by atoms with Crippen LogP contribution in [0.1, 0.15) is 11.1 Å². The zero-order valence-corrected chi connectivity index (χ0v) is 7.94. The molecule has 0 heterocycles. The summed E-state index contributed by atoms with van der Waals surface area (Å²) in [6.07, 6.45) is 1.78. The van der Waals surface area contributed by atoms with Crippen LogP contribution >= 0.6 is 12.6 Å². The molecule has 2 heteroatoms. The Hall–Kier alpha value is -1.02. The fourth-order valence-corrected chi connectivity index (χ4v) is 1.39. The molecule has 0 radical (unpaired) electrons. The Morgan fingerprint density at radius 3 is 2.58 bits per heavy atom. The summed E-state index contributed by atoms with van der Waals surface area (Å²) in [7, 11) is 0. The van der Waals surface area contributed by atoms with Crippen LogP contribution in [0.4, 0.5) is 5.69 Å². The third-order valence-corrected chi connectivity index (χ3v) is 2.14. The predicted molar refractivity (Wildman–Crippen MR) is 57.7 cm³/mol. The minimum absolute atomic E-state index is 0.813. The smallest absolute Gasteiger partial charge is 0.0830 e. The molecule has 0 atom stereocenters. The highest BCUT2D eigenvalue weighted by Gasteiger charge is 2.03. The molecule has 62 valence electrons. The standard InChI is InChI=1S/C10H11NS/c1-4-8-7(2)5-6-9(12)10(8)11-3/h4-6,12H,1,3H2,2H3. The monoisotopic (exact) mass is 177 g/mol. The number of hydrogen-bond donors (Lipinski definition) is 1. The van der Waals surface area contributed by atoms with E-state index in [0.717, 1.165) is 21.7 Å². The van der Waals surface area contributed by atoms with E-state index in [-0.39, 0.29) is 0 Å². The largest absolute Gasteiger partial charge is 0.263 e. The van der Waals surface area contributed by atoms with Crippen molar-refractivity contribution in [3.63, 3.8) is 0 Å². The van der Waals surface area contributed by atoms with Gasteiger partial charge in [-0.2, -0.15) is 0 Å². The second kappa shape index (κ2) is 3.59. The van der Waals surface area contributed by atoms with Crippen LogP contribution in [0.2, 0.25) is 0 Å². The van der Waals surface area contributed by atoms with Crippen LogP contribution in [-0.2, 0) is 0 Å². The molecule has 0 aliphatic heterocycles. The first kappa shape index (κ1) is 9.07. The Kier molecular flexibility index (Phi) is 2.71. The van der Waals surface area contributed by atoms with Gasteiger partial charge in [-0.05, 0) is 25.3 Å². The van der Waals surface area contributed by atoms with E-state index in [9.17, 15) is 0 Å². The number of aryl methyl sites for hydroxylation is 1. The van der Waals surface area contributed by atoms with Gasteiger partial charge in [0.2, 0.25) is 0 Å². The number of hydrogen-bond acceptors (Lipinski definition) is 2. The van der Waals surface area contributed by atoms with E-state index in [4.69, 9.17) is 0 Å². The Bertz CT molecular complexity index is 296. The molecule has 1 rings (SSSR count). The lowest BCUT2D eigenvalue weighted by molar-refractivity contribution is 1.32. The Balaban J connectivity index is 3.48. The third-order valence-electron chi connectivity index (χ3n) is 1.78. The summed E-state index contributed by atoms with van der Waals surface area (Å²) in [6.45, 7) is 9.23. The minimum atomic E-state index is 0.813. The molecule has 0 fully saturated rings. The van der Waals surface area contributed by atoms with Gasteiger partial charge in [0.25, 0.3) is 0 Å². The number of nitrogens with zero attached hydrogens (tertiary/aromatic N) is 1. The van der Waals surface area contributed by atoms with Crippen LogP contribution in [-0.4, -0.2) is 6.72 Å². The van der Waals surface area contributed by atoms with Crippen LogP contribution in [0.5, 0.6) is 0 Å². The molecule has 0 unspecified atom stereocenters. The highest BCUT2D eigenvalue weighted by atomic mass is 32.1. The number of benzene rings is 1. The fourth-order valence-electron chi connectivity index (χ4n) is 1.12. The first-order valence-electron chi connectivity index (χ1n) is 3.62. The van der Waals surface area contributed by atoms with Crippen molar-refractivity contribution in [3.05, 3.63) is 29.8 Å². The quantitative estimate of drug-likeness (QED) is 0.526. The molecule has 0 bridgehead atoms. The third kappa shape index (κ3) is 1.43. The molecule has 0 spiro atoms. The van der Waals surface area contributed by atoms with Gasteiger partial charge in [0.1, 0.15) is 0 Å². The molecule has 0 aliphatic rings. The lowest BCUT2D eigenvalue weighted by Gasteiger charge is -2.06. The van der Waals surface area contributed by atoms with Crippen molar-refractivity contribution < 1.29 is 0 Å². The lowest BCUT2D eigenvalue weighted by atomic mass is 10.1. The molecular weight excluding hydrogens is 166 g/mol. The van der Waals surface area contributed by atoms with Gasteiger partial charge in [-0.15, -0.1) is 12.6 Å². The van der Waals surface area contributed by atoms with Gasteiger partial charge in [0, 0.05) is 10.5 Å². The molecular formula is C10H11NS. The van der Waals surface area contributed by atoms with Crippen LogP contribution in [0.3, 0.4) is 0 Å². The van der Waals surface area contributed by atoms with E-state index >= 15 is 0 Å². The lowest BCUT2D eigenvalue weighted by Crippen LogP contribution is -1.82. The van der Waals surface area contributed by atoms with Crippen molar-refractivity contribution >= 4 is 31.1 Å². The first-order chi connectivity index (χ1) is 5.70. The molecule has 0 amide bonds. The minimum Gasteiger partial charge on any atom is -0.263 e. The van der Waals surface area contributed by atoms with Gasteiger partial charge in [-0.25, -0.2) is 0 Å². The fraction of sp³-hybridized carbons (Fsp3) is 0.100. The summed E-state index contributed by atoms with van der Waals surface area (Å²) in [5, 5.41) is 0. The van der Waals surface area contributed by atoms with Crippen LogP contribution in [0.25, 0.3) is 6.08 Å². The van der Waals surface area contributed by atoms with Crippen molar-refractivity contribution in [3.8, 4) is 0 Å². The van der Waals surface area contributed by atoms with Crippen molar-refractivity contribution in [2.75, 3.05) is 0 Å². The van der Waals surface area contributed by atoms with E-state index in [2.05, 4.69) is 30.9 Å². The maximum atomic E-state index is 4.27. The van der Waals surface area contributed by atoms with Crippen LogP contribution < -0.4 is 0 Å². The summed E-state index contributed by atoms with van der Waals surface area (Å²) in [4.78, 5) is 4.74. The van der Waals surface area contributed by atoms with Crippen molar-refractivity contribution in [1.29, 1.82) is 0 Å². The maximum Gasteiger partial charge on any atom is 0.0830 e. The molecule has 0 saturated carbocycles. The second-order valence-corrected chi connectivity index (χ2v) is 3.01. The zero-order valence-electron chi connectivity index (χ0n) is 7.04. The molecule has 0 aliphatic carbocycles. The number of rotatable bonds is 2. The van der Waals surface area contributed by atoms with E-state index in [0.29, 0.717) is 0 Å². The SMILES string of the molecule is C=Cc1c(C)ccc(S)c1N=C. The van der Waals surface area contributed by atoms with E-state index < -0.39 is 0 Å². The van der Waals surface area contributed by atoms with Crippen molar-refractivity contribution in [1.82, 2.24) is 0 Å². The molecule has 0 N–H and O–H groups in total.